The molecule has 3 rings (SSSR count). The Kier molecular flexibility index (Phi) is 5.61. The lowest BCUT2D eigenvalue weighted by Crippen LogP contribution is -2.43. The molecule has 0 unspecified atom stereocenters. The zero-order chi connectivity index (χ0) is 18.5. The third-order valence-corrected chi connectivity index (χ3v) is 4.85. The number of hydrogen-bond acceptors (Lipinski definition) is 4. The van der Waals surface area contributed by atoms with E-state index in [4.69, 9.17) is 9.15 Å². The predicted octanol–water partition coefficient (Wildman–Crippen LogP) is 3.02. The summed E-state index contributed by atoms with van der Waals surface area (Å²) in [7, 11) is 1.62. The summed E-state index contributed by atoms with van der Waals surface area (Å²) in [4.78, 5) is 26.6. The van der Waals surface area contributed by atoms with E-state index in [9.17, 15) is 9.59 Å². The van der Waals surface area contributed by atoms with Gasteiger partial charge in [0.2, 0.25) is 5.91 Å². The minimum atomic E-state index is -0.138. The van der Waals surface area contributed by atoms with Gasteiger partial charge in [0.1, 0.15) is 5.75 Å². The molecule has 138 valence electrons. The van der Waals surface area contributed by atoms with Gasteiger partial charge >= 0.3 is 0 Å². The van der Waals surface area contributed by atoms with Gasteiger partial charge in [-0.1, -0.05) is 18.2 Å². The van der Waals surface area contributed by atoms with E-state index in [1.807, 2.05) is 31.2 Å². The average molecular weight is 356 g/mol. The number of nitrogens with one attached hydrogen (secondary N) is 1. The Morgan fingerprint density at radius 3 is 2.58 bits per heavy atom. The van der Waals surface area contributed by atoms with Crippen LogP contribution in [-0.2, 0) is 4.79 Å². The third-order valence-electron chi connectivity index (χ3n) is 4.85. The molecule has 2 heterocycles. The Labute approximate surface area is 153 Å². The number of ether oxygens (including phenoxy) is 1. The summed E-state index contributed by atoms with van der Waals surface area (Å²) in [6.07, 6.45) is 2.79. The van der Waals surface area contributed by atoms with E-state index < -0.39 is 0 Å². The topological polar surface area (TPSA) is 71.8 Å². The second-order valence-electron chi connectivity index (χ2n) is 6.52. The number of rotatable bonds is 5. The van der Waals surface area contributed by atoms with Crippen LogP contribution in [0, 0.1) is 5.92 Å². The van der Waals surface area contributed by atoms with E-state index >= 15 is 0 Å². The van der Waals surface area contributed by atoms with E-state index in [1.54, 1.807) is 24.1 Å². The van der Waals surface area contributed by atoms with Crippen molar-refractivity contribution in [2.24, 2.45) is 5.92 Å². The van der Waals surface area contributed by atoms with Gasteiger partial charge in [-0.3, -0.25) is 9.59 Å². The quantitative estimate of drug-likeness (QED) is 0.894. The highest BCUT2D eigenvalue weighted by atomic mass is 16.5. The number of benzene rings is 1. The lowest BCUT2D eigenvalue weighted by molar-refractivity contribution is -0.127. The third kappa shape index (κ3) is 3.90. The van der Waals surface area contributed by atoms with Gasteiger partial charge in [-0.15, -0.1) is 0 Å². The van der Waals surface area contributed by atoms with Gasteiger partial charge in [0, 0.05) is 24.6 Å². The van der Waals surface area contributed by atoms with Crippen LogP contribution in [0.25, 0.3) is 0 Å². The van der Waals surface area contributed by atoms with Crippen LogP contribution in [0.15, 0.2) is 47.1 Å². The van der Waals surface area contributed by atoms with E-state index in [2.05, 4.69) is 5.32 Å². The highest BCUT2D eigenvalue weighted by molar-refractivity contribution is 5.91. The van der Waals surface area contributed by atoms with Crippen molar-refractivity contribution in [1.82, 2.24) is 10.2 Å². The van der Waals surface area contributed by atoms with Crippen molar-refractivity contribution in [3.63, 3.8) is 0 Å². The number of nitrogens with zero attached hydrogens (tertiary/aromatic N) is 1. The number of carbonyl (C=O) groups is 2. The van der Waals surface area contributed by atoms with E-state index in [0.29, 0.717) is 31.7 Å². The van der Waals surface area contributed by atoms with Gasteiger partial charge < -0.3 is 19.4 Å². The summed E-state index contributed by atoms with van der Waals surface area (Å²) in [6, 6.07) is 10.9. The molecule has 0 aliphatic carbocycles. The summed E-state index contributed by atoms with van der Waals surface area (Å²) in [5.74, 6) is 0.925. The predicted molar refractivity (Wildman–Crippen MR) is 96.9 cm³/mol. The fraction of sp³-hybridized carbons (Fsp3) is 0.400. The normalized spacial score (nSPS) is 16.2. The van der Waals surface area contributed by atoms with Crippen LogP contribution in [0.1, 0.15) is 41.9 Å². The minimum Gasteiger partial charge on any atom is -0.496 e. The number of carbonyl (C=O) groups excluding carboxylic acids is 2. The van der Waals surface area contributed by atoms with Crippen molar-refractivity contribution in [2.45, 2.75) is 25.8 Å². The summed E-state index contributed by atoms with van der Waals surface area (Å²) in [6.45, 7) is 3.06. The van der Waals surface area contributed by atoms with Gasteiger partial charge in [0.05, 0.1) is 19.4 Å². The van der Waals surface area contributed by atoms with Gasteiger partial charge in [0.25, 0.3) is 5.91 Å². The largest absolute Gasteiger partial charge is 0.496 e. The first-order valence-electron chi connectivity index (χ1n) is 8.86. The van der Waals surface area contributed by atoms with E-state index in [-0.39, 0.29) is 23.8 Å². The monoisotopic (exact) mass is 356 g/mol. The first-order chi connectivity index (χ1) is 12.6. The first kappa shape index (κ1) is 18.0. The van der Waals surface area contributed by atoms with Crippen molar-refractivity contribution in [3.05, 3.63) is 54.0 Å². The summed E-state index contributed by atoms with van der Waals surface area (Å²) in [5.41, 5.74) is 0.953. The Hall–Kier alpha value is -2.76. The van der Waals surface area contributed by atoms with Crippen molar-refractivity contribution >= 4 is 11.8 Å². The van der Waals surface area contributed by atoms with Gasteiger partial charge in [-0.05, 0) is 38.0 Å². The zero-order valence-electron chi connectivity index (χ0n) is 15.1. The standard InChI is InChI=1S/C20H24N2O4/c1-14(16-6-3-4-7-17(16)25-2)21-19(23)15-9-11-22(12-10-15)20(24)18-8-5-13-26-18/h3-8,13-15H,9-12H2,1-2H3,(H,21,23)/t14-/m1/s1. The second kappa shape index (κ2) is 8.08. The number of hydrogen-bond donors (Lipinski definition) is 1. The molecule has 2 amide bonds. The molecule has 1 aliphatic heterocycles. The lowest BCUT2D eigenvalue weighted by Gasteiger charge is -2.31. The molecule has 1 aromatic heterocycles. The molecular formula is C20H24N2O4. The van der Waals surface area contributed by atoms with Crippen LogP contribution in [0.3, 0.4) is 0 Å². The average Bonchev–Trinajstić information content (AvgIpc) is 3.22. The molecule has 26 heavy (non-hydrogen) atoms. The van der Waals surface area contributed by atoms with Crippen molar-refractivity contribution in [3.8, 4) is 5.75 Å². The Morgan fingerprint density at radius 1 is 1.19 bits per heavy atom. The molecule has 0 saturated carbocycles. The molecule has 0 bridgehead atoms. The van der Waals surface area contributed by atoms with Crippen LogP contribution < -0.4 is 10.1 Å². The van der Waals surface area contributed by atoms with Crippen LogP contribution in [0.4, 0.5) is 0 Å². The Balaban J connectivity index is 1.54. The lowest BCUT2D eigenvalue weighted by atomic mass is 9.95. The second-order valence-corrected chi connectivity index (χ2v) is 6.52. The highest BCUT2D eigenvalue weighted by Gasteiger charge is 2.29. The van der Waals surface area contributed by atoms with Crippen molar-refractivity contribution in [2.75, 3.05) is 20.2 Å². The summed E-state index contributed by atoms with van der Waals surface area (Å²) in [5, 5.41) is 3.07. The maximum Gasteiger partial charge on any atom is 0.289 e. The maximum atomic E-state index is 12.6. The molecule has 0 spiro atoms. The SMILES string of the molecule is COc1ccccc1[C@@H](C)NC(=O)C1CCN(C(=O)c2ccco2)CC1. The van der Waals surface area contributed by atoms with E-state index in [1.165, 1.54) is 6.26 Å². The molecule has 0 radical (unpaired) electrons. The van der Waals surface area contributed by atoms with Crippen LogP contribution >= 0.6 is 0 Å². The molecule has 1 N–H and O–H groups in total. The van der Waals surface area contributed by atoms with Crippen LogP contribution in [-0.4, -0.2) is 36.9 Å². The molecule has 1 aromatic carbocycles. The number of furan rings is 1. The number of para-hydroxylation sites is 1. The molecule has 1 fully saturated rings. The van der Waals surface area contributed by atoms with E-state index in [0.717, 1.165) is 11.3 Å². The fourth-order valence-corrected chi connectivity index (χ4v) is 3.33. The number of piperidine rings is 1. The maximum absolute atomic E-state index is 12.6. The van der Waals surface area contributed by atoms with Gasteiger partial charge in [-0.25, -0.2) is 0 Å². The molecule has 6 nitrogen and oxygen atoms in total. The van der Waals surface area contributed by atoms with Crippen molar-refractivity contribution in [1.29, 1.82) is 0 Å². The van der Waals surface area contributed by atoms with Crippen LogP contribution in [0.5, 0.6) is 5.75 Å². The minimum absolute atomic E-state index is 0.0218. The molecule has 6 heteroatoms. The zero-order valence-corrected chi connectivity index (χ0v) is 15.1. The summed E-state index contributed by atoms with van der Waals surface area (Å²) >= 11 is 0. The smallest absolute Gasteiger partial charge is 0.289 e. The highest BCUT2D eigenvalue weighted by Crippen LogP contribution is 2.26. The van der Waals surface area contributed by atoms with Crippen molar-refractivity contribution < 1.29 is 18.7 Å². The number of amides is 2. The number of methoxy groups -OCH3 is 1. The Bertz CT molecular complexity index is 749. The molecule has 2 aromatic rings. The molecule has 1 atom stereocenters. The molecular weight excluding hydrogens is 332 g/mol. The fourth-order valence-electron chi connectivity index (χ4n) is 3.33. The van der Waals surface area contributed by atoms with Gasteiger partial charge in [-0.2, -0.15) is 0 Å². The van der Waals surface area contributed by atoms with Gasteiger partial charge in [0.15, 0.2) is 5.76 Å². The summed E-state index contributed by atoms with van der Waals surface area (Å²) < 4.78 is 10.5. The van der Waals surface area contributed by atoms with Crippen LogP contribution in [0.2, 0.25) is 0 Å². The first-order valence-corrected chi connectivity index (χ1v) is 8.86. The molecule has 1 saturated heterocycles. The Morgan fingerprint density at radius 2 is 1.92 bits per heavy atom. The number of likely N-dealkylation sites (tertiary alicyclic amines) is 1. The molecule has 1 aliphatic rings.